The van der Waals surface area contributed by atoms with Crippen LogP contribution in [0.5, 0.6) is 0 Å². The minimum absolute atomic E-state index is 0.373. The number of hydrogen-bond acceptors (Lipinski definition) is 3. The van der Waals surface area contributed by atoms with Crippen LogP contribution in [0, 0.1) is 26.3 Å². The van der Waals surface area contributed by atoms with Crippen molar-refractivity contribution < 1.29 is 0 Å². The predicted molar refractivity (Wildman–Crippen MR) is 99.4 cm³/mol. The number of aromatic nitrogens is 1. The lowest BCUT2D eigenvalue weighted by Gasteiger charge is -2.39. The first-order valence-electron chi connectivity index (χ1n) is 8.85. The van der Waals surface area contributed by atoms with Crippen molar-refractivity contribution in [2.24, 2.45) is 11.7 Å². The van der Waals surface area contributed by atoms with Gasteiger partial charge in [0.15, 0.2) is 0 Å². The molecule has 3 heteroatoms. The van der Waals surface area contributed by atoms with Crippen molar-refractivity contribution in [3.63, 3.8) is 0 Å². The van der Waals surface area contributed by atoms with E-state index in [9.17, 15) is 0 Å². The minimum Gasteiger partial charge on any atom is -0.329 e. The molecule has 0 unspecified atom stereocenters. The third-order valence-electron chi connectivity index (χ3n) is 4.98. The molecule has 0 saturated carbocycles. The van der Waals surface area contributed by atoms with Crippen molar-refractivity contribution in [2.75, 3.05) is 13.1 Å². The number of aryl methyl sites for hydroxylation is 2. The molecule has 2 aromatic rings. The van der Waals surface area contributed by atoms with E-state index in [4.69, 9.17) is 5.73 Å². The van der Waals surface area contributed by atoms with Crippen LogP contribution in [0.15, 0.2) is 36.5 Å². The van der Waals surface area contributed by atoms with Gasteiger partial charge in [-0.05, 0) is 56.3 Å². The summed E-state index contributed by atoms with van der Waals surface area (Å²) >= 11 is 0. The summed E-state index contributed by atoms with van der Waals surface area (Å²) in [6.07, 6.45) is 4.37. The summed E-state index contributed by atoms with van der Waals surface area (Å²) in [4.78, 5) is 6.92. The summed E-state index contributed by atoms with van der Waals surface area (Å²) in [5, 5.41) is 0. The van der Waals surface area contributed by atoms with E-state index >= 15 is 0 Å². The summed E-state index contributed by atoms with van der Waals surface area (Å²) in [5.74, 6) is 0.613. The standard InChI is InChI=1S/C21H27N3/c1-15-6-8-19(20-9-7-16(2)13-23-20)18(11-15)14-24-10-4-5-17(3)21(24)12-22/h6-9,11,13,17,21H,4-5,10,12,22H2,1-3H3/t17-,21-/m1/s1. The second-order valence-electron chi connectivity index (χ2n) is 7.00. The van der Waals surface area contributed by atoms with Crippen LogP contribution in [-0.2, 0) is 0 Å². The number of hydrogen-bond donors (Lipinski definition) is 1. The molecule has 0 bridgehead atoms. The van der Waals surface area contributed by atoms with Crippen molar-refractivity contribution in [1.29, 1.82) is 0 Å². The first-order valence-corrected chi connectivity index (χ1v) is 8.85. The first-order chi connectivity index (χ1) is 11.6. The number of benzene rings is 1. The fourth-order valence-electron chi connectivity index (χ4n) is 3.50. The molecule has 0 spiro atoms. The van der Waals surface area contributed by atoms with Gasteiger partial charge < -0.3 is 5.73 Å². The number of likely N-dealkylation sites (tertiary alicyclic amines) is 1. The minimum atomic E-state index is 0.373. The highest BCUT2D eigenvalue weighted by molar-refractivity contribution is 5.66. The number of piperidine rings is 1. The Hall–Kier alpha value is -1.71. The normalized spacial score (nSPS) is 21.8. The van der Waals surface area contributed by atoms with Crippen molar-refractivity contribution in [1.82, 2.24) is 9.88 Å². The fraction of sp³-hybridized carbons (Fsp3) is 0.429. The van der Waals surface area contributed by atoms with E-state index in [0.29, 0.717) is 18.5 Å². The lowest BCUT2D eigenvalue weighted by atomic mass is 9.90. The molecule has 0 aliphatic carbocycles. The Labute approximate surface area is 145 Å². The molecule has 2 radical (unpaired) electrons. The molecular weight excluding hydrogens is 294 g/mol. The smallest absolute Gasteiger partial charge is 0.0973 e. The number of rotatable bonds is 4. The molecular formula is C21H27N3. The van der Waals surface area contributed by atoms with E-state index in [1.807, 2.05) is 6.20 Å². The molecule has 1 saturated heterocycles. The van der Waals surface area contributed by atoms with Crippen LogP contribution >= 0.6 is 0 Å². The molecule has 3 nitrogen and oxygen atoms in total. The van der Waals surface area contributed by atoms with Gasteiger partial charge in [-0.15, -0.1) is 0 Å². The summed E-state index contributed by atoms with van der Waals surface area (Å²) in [6.45, 7) is 11.8. The summed E-state index contributed by atoms with van der Waals surface area (Å²) in [5.41, 5.74) is 11.7. The van der Waals surface area contributed by atoms with Crippen LogP contribution in [0.25, 0.3) is 11.3 Å². The highest BCUT2D eigenvalue weighted by atomic mass is 15.2. The quantitative estimate of drug-likeness (QED) is 0.931. The molecule has 1 aliphatic heterocycles. The third-order valence-corrected chi connectivity index (χ3v) is 4.98. The second-order valence-corrected chi connectivity index (χ2v) is 7.00. The van der Waals surface area contributed by atoms with Gasteiger partial charge in [-0.3, -0.25) is 9.88 Å². The van der Waals surface area contributed by atoms with Crippen molar-refractivity contribution in [3.05, 3.63) is 59.8 Å². The summed E-state index contributed by atoms with van der Waals surface area (Å²) in [6, 6.07) is 11.1. The van der Waals surface area contributed by atoms with E-state index in [1.165, 1.54) is 24.0 Å². The zero-order chi connectivity index (χ0) is 17.1. The number of nitrogens with two attached hydrogens (primary N) is 1. The molecule has 2 heterocycles. The van der Waals surface area contributed by atoms with E-state index in [0.717, 1.165) is 23.4 Å². The molecule has 2 N–H and O–H groups in total. The highest BCUT2D eigenvalue weighted by Crippen LogP contribution is 2.30. The number of pyridine rings is 1. The zero-order valence-electron chi connectivity index (χ0n) is 14.9. The van der Waals surface area contributed by atoms with Gasteiger partial charge in [0.1, 0.15) is 0 Å². The van der Waals surface area contributed by atoms with Crippen molar-refractivity contribution in [3.8, 4) is 11.3 Å². The van der Waals surface area contributed by atoms with Crippen LogP contribution in [0.3, 0.4) is 0 Å². The van der Waals surface area contributed by atoms with Gasteiger partial charge in [-0.2, -0.15) is 0 Å². The molecule has 2 atom stereocenters. The Bertz CT molecular complexity index is 678. The van der Waals surface area contributed by atoms with Gasteiger partial charge in [0.25, 0.3) is 0 Å². The van der Waals surface area contributed by atoms with Crippen LogP contribution in [0.1, 0.15) is 36.5 Å². The van der Waals surface area contributed by atoms with Crippen molar-refractivity contribution in [2.45, 2.75) is 39.7 Å². The summed E-state index contributed by atoms with van der Waals surface area (Å²) in [7, 11) is 0. The number of nitrogens with zero attached hydrogens (tertiary/aromatic N) is 2. The zero-order valence-corrected chi connectivity index (χ0v) is 14.9. The van der Waals surface area contributed by atoms with Crippen LogP contribution in [0.2, 0.25) is 0 Å². The highest BCUT2D eigenvalue weighted by Gasteiger charge is 2.28. The maximum atomic E-state index is 6.04. The molecule has 1 fully saturated rings. The Morgan fingerprint density at radius 3 is 2.71 bits per heavy atom. The Morgan fingerprint density at radius 2 is 2.00 bits per heavy atom. The Balaban J connectivity index is 1.92. The van der Waals surface area contributed by atoms with E-state index in [-0.39, 0.29) is 0 Å². The van der Waals surface area contributed by atoms with E-state index < -0.39 is 0 Å². The van der Waals surface area contributed by atoms with Gasteiger partial charge in [0.05, 0.1) is 12.2 Å². The fourth-order valence-corrected chi connectivity index (χ4v) is 3.50. The second kappa shape index (κ2) is 7.45. The van der Waals surface area contributed by atoms with Gasteiger partial charge in [0.2, 0.25) is 0 Å². The van der Waals surface area contributed by atoms with Gasteiger partial charge in [0, 0.05) is 24.3 Å². The molecule has 126 valence electrons. The molecule has 3 rings (SSSR count). The maximum absolute atomic E-state index is 6.04. The average molecular weight is 321 g/mol. The van der Waals surface area contributed by atoms with Crippen LogP contribution in [0.4, 0.5) is 0 Å². The largest absolute Gasteiger partial charge is 0.329 e. The Kier molecular flexibility index (Phi) is 5.32. The van der Waals surface area contributed by atoms with Crippen LogP contribution in [-0.4, -0.2) is 29.0 Å². The van der Waals surface area contributed by atoms with E-state index in [2.05, 4.69) is 67.5 Å². The topological polar surface area (TPSA) is 42.1 Å². The van der Waals surface area contributed by atoms with Crippen LogP contribution < -0.4 is 5.73 Å². The van der Waals surface area contributed by atoms with Gasteiger partial charge >= 0.3 is 0 Å². The SMILES string of the molecule is Cc1ccc(-c2ccc(C)cc2[C]N2CCC[C@@H](C)[C@H]2CN)nc1. The lowest BCUT2D eigenvalue weighted by Crippen LogP contribution is -2.47. The summed E-state index contributed by atoms with van der Waals surface area (Å²) < 4.78 is 0. The monoisotopic (exact) mass is 321 g/mol. The van der Waals surface area contributed by atoms with Crippen molar-refractivity contribution >= 4 is 0 Å². The van der Waals surface area contributed by atoms with Gasteiger partial charge in [-0.1, -0.05) is 36.8 Å². The maximum Gasteiger partial charge on any atom is 0.0973 e. The van der Waals surface area contributed by atoms with Gasteiger partial charge in [-0.25, -0.2) is 0 Å². The third kappa shape index (κ3) is 3.68. The molecule has 1 aromatic carbocycles. The Morgan fingerprint density at radius 1 is 1.21 bits per heavy atom. The average Bonchev–Trinajstić information content (AvgIpc) is 2.56. The molecule has 1 aliphatic rings. The molecule has 0 amide bonds. The molecule has 1 aromatic heterocycles. The molecule has 24 heavy (non-hydrogen) atoms. The van der Waals surface area contributed by atoms with E-state index in [1.54, 1.807) is 0 Å². The first kappa shape index (κ1) is 17.1. The lowest BCUT2D eigenvalue weighted by molar-refractivity contribution is 0.143. The predicted octanol–water partition coefficient (Wildman–Crippen LogP) is 3.81.